The predicted molar refractivity (Wildman–Crippen MR) is 75.7 cm³/mol. The van der Waals surface area contributed by atoms with Crippen LogP contribution in [0.15, 0.2) is 0 Å². The summed E-state index contributed by atoms with van der Waals surface area (Å²) in [6, 6.07) is 0.0976. The number of aliphatic carboxylic acids is 1. The number of carboxylic acid groups (broad SMARTS) is 1. The molecule has 112 valence electrons. The van der Waals surface area contributed by atoms with Gasteiger partial charge in [-0.05, 0) is 31.6 Å². The predicted octanol–water partition coefficient (Wildman–Crippen LogP) is 1.76. The van der Waals surface area contributed by atoms with Gasteiger partial charge in [-0.1, -0.05) is 20.8 Å². The maximum Gasteiger partial charge on any atom is 0.308 e. The molecule has 0 aliphatic rings. The Kier molecular flexibility index (Phi) is 7.68. The van der Waals surface area contributed by atoms with E-state index in [-0.39, 0.29) is 23.9 Å². The van der Waals surface area contributed by atoms with Crippen LogP contribution in [0.25, 0.3) is 0 Å². The first-order valence-electron chi connectivity index (χ1n) is 6.87. The van der Waals surface area contributed by atoms with E-state index in [2.05, 4.69) is 5.32 Å². The second kappa shape index (κ2) is 8.15. The first-order chi connectivity index (χ1) is 8.61. The second-order valence-corrected chi connectivity index (χ2v) is 6.47. The summed E-state index contributed by atoms with van der Waals surface area (Å²) in [5.41, 5.74) is 5.53. The normalized spacial score (nSPS) is 14.8. The molecular weight excluding hydrogens is 244 g/mol. The van der Waals surface area contributed by atoms with Gasteiger partial charge in [0.1, 0.15) is 0 Å². The SMILES string of the molecule is CC(N)CCCC(=O)NCC(CC(C)(C)C)C(=O)O. The zero-order valence-corrected chi connectivity index (χ0v) is 12.5. The van der Waals surface area contributed by atoms with Crippen LogP contribution in [-0.4, -0.2) is 29.6 Å². The molecule has 0 fully saturated rings. The maximum absolute atomic E-state index is 11.6. The van der Waals surface area contributed by atoms with Crippen molar-refractivity contribution in [1.82, 2.24) is 5.32 Å². The van der Waals surface area contributed by atoms with Crippen molar-refractivity contribution in [2.75, 3.05) is 6.54 Å². The lowest BCUT2D eigenvalue weighted by Gasteiger charge is -2.23. The number of amides is 1. The molecule has 0 heterocycles. The van der Waals surface area contributed by atoms with Crippen LogP contribution in [-0.2, 0) is 9.59 Å². The van der Waals surface area contributed by atoms with Crippen molar-refractivity contribution in [2.24, 2.45) is 17.1 Å². The minimum absolute atomic E-state index is 0.0667. The Morgan fingerprint density at radius 3 is 2.32 bits per heavy atom. The lowest BCUT2D eigenvalue weighted by Crippen LogP contribution is -2.35. The molecule has 4 N–H and O–H groups in total. The van der Waals surface area contributed by atoms with E-state index in [4.69, 9.17) is 10.8 Å². The molecule has 0 aliphatic heterocycles. The first kappa shape index (κ1) is 17.9. The lowest BCUT2D eigenvalue weighted by atomic mass is 9.84. The highest BCUT2D eigenvalue weighted by Gasteiger charge is 2.24. The van der Waals surface area contributed by atoms with Gasteiger partial charge in [0.2, 0.25) is 5.91 Å². The lowest BCUT2D eigenvalue weighted by molar-refractivity contribution is -0.142. The molecule has 0 bridgehead atoms. The highest BCUT2D eigenvalue weighted by atomic mass is 16.4. The largest absolute Gasteiger partial charge is 0.481 e. The quantitative estimate of drug-likeness (QED) is 0.627. The fraction of sp³-hybridized carbons (Fsp3) is 0.857. The summed E-state index contributed by atoms with van der Waals surface area (Å²) in [7, 11) is 0. The monoisotopic (exact) mass is 272 g/mol. The topological polar surface area (TPSA) is 92.4 Å². The van der Waals surface area contributed by atoms with Gasteiger partial charge < -0.3 is 16.2 Å². The fourth-order valence-electron chi connectivity index (χ4n) is 1.90. The number of carbonyl (C=O) groups is 2. The molecule has 5 heteroatoms. The highest BCUT2D eigenvalue weighted by molar-refractivity contribution is 5.77. The molecule has 0 aliphatic carbocycles. The van der Waals surface area contributed by atoms with Crippen molar-refractivity contribution in [3.05, 3.63) is 0 Å². The van der Waals surface area contributed by atoms with Gasteiger partial charge in [-0.25, -0.2) is 0 Å². The van der Waals surface area contributed by atoms with E-state index in [0.29, 0.717) is 12.8 Å². The fourth-order valence-corrected chi connectivity index (χ4v) is 1.90. The molecule has 0 saturated carbocycles. The van der Waals surface area contributed by atoms with Crippen LogP contribution < -0.4 is 11.1 Å². The van der Waals surface area contributed by atoms with Crippen molar-refractivity contribution in [2.45, 2.75) is 59.4 Å². The van der Waals surface area contributed by atoms with Gasteiger partial charge in [0.25, 0.3) is 0 Å². The first-order valence-corrected chi connectivity index (χ1v) is 6.87. The molecule has 0 radical (unpaired) electrons. The van der Waals surface area contributed by atoms with Crippen LogP contribution in [0.3, 0.4) is 0 Å². The molecule has 0 aromatic carbocycles. The Balaban J connectivity index is 4.05. The minimum Gasteiger partial charge on any atom is -0.481 e. The Labute approximate surface area is 115 Å². The van der Waals surface area contributed by atoms with Crippen molar-refractivity contribution in [3.8, 4) is 0 Å². The van der Waals surface area contributed by atoms with Gasteiger partial charge in [-0.15, -0.1) is 0 Å². The van der Waals surface area contributed by atoms with Crippen LogP contribution in [0.5, 0.6) is 0 Å². The molecule has 0 saturated heterocycles. The van der Waals surface area contributed by atoms with E-state index >= 15 is 0 Å². The average Bonchev–Trinajstić information content (AvgIpc) is 2.21. The summed E-state index contributed by atoms with van der Waals surface area (Å²) in [6.07, 6.45) is 2.49. The third kappa shape index (κ3) is 10.5. The van der Waals surface area contributed by atoms with Crippen LogP contribution in [0.1, 0.15) is 53.4 Å². The molecule has 0 rings (SSSR count). The summed E-state index contributed by atoms with van der Waals surface area (Å²) in [6.45, 7) is 8.08. The van der Waals surface area contributed by atoms with E-state index in [1.807, 2.05) is 27.7 Å². The molecule has 1 amide bonds. The standard InChI is InChI=1S/C14H28N2O3/c1-10(15)6-5-7-12(17)16-9-11(13(18)19)8-14(2,3)4/h10-11H,5-9,15H2,1-4H3,(H,16,17)(H,18,19). The van der Waals surface area contributed by atoms with Gasteiger partial charge in [0, 0.05) is 19.0 Å². The molecule has 2 unspecified atom stereocenters. The van der Waals surface area contributed by atoms with E-state index in [1.54, 1.807) is 0 Å². The minimum atomic E-state index is -0.856. The molecule has 0 spiro atoms. The van der Waals surface area contributed by atoms with Gasteiger partial charge in [-0.3, -0.25) is 9.59 Å². The summed E-state index contributed by atoms with van der Waals surface area (Å²) < 4.78 is 0. The number of carboxylic acids is 1. The van der Waals surface area contributed by atoms with E-state index in [0.717, 1.165) is 12.8 Å². The zero-order chi connectivity index (χ0) is 15.1. The van der Waals surface area contributed by atoms with Crippen molar-refractivity contribution in [3.63, 3.8) is 0 Å². The van der Waals surface area contributed by atoms with Gasteiger partial charge in [0.05, 0.1) is 5.92 Å². The zero-order valence-electron chi connectivity index (χ0n) is 12.5. The Hall–Kier alpha value is -1.10. The molecule has 5 nitrogen and oxygen atoms in total. The van der Waals surface area contributed by atoms with Crippen molar-refractivity contribution in [1.29, 1.82) is 0 Å². The number of hydrogen-bond donors (Lipinski definition) is 3. The Bertz CT molecular complexity index is 296. The number of hydrogen-bond acceptors (Lipinski definition) is 3. The Morgan fingerprint density at radius 2 is 1.89 bits per heavy atom. The van der Waals surface area contributed by atoms with Crippen LogP contribution in [0.2, 0.25) is 0 Å². The van der Waals surface area contributed by atoms with Crippen LogP contribution in [0.4, 0.5) is 0 Å². The van der Waals surface area contributed by atoms with E-state index in [1.165, 1.54) is 0 Å². The van der Waals surface area contributed by atoms with Crippen LogP contribution in [0, 0.1) is 11.3 Å². The van der Waals surface area contributed by atoms with Gasteiger partial charge in [0.15, 0.2) is 0 Å². The average molecular weight is 272 g/mol. The third-order valence-corrected chi connectivity index (χ3v) is 2.82. The number of nitrogens with one attached hydrogen (secondary N) is 1. The van der Waals surface area contributed by atoms with Gasteiger partial charge in [-0.2, -0.15) is 0 Å². The summed E-state index contributed by atoms with van der Waals surface area (Å²) in [5.74, 6) is -1.48. The number of rotatable bonds is 8. The van der Waals surface area contributed by atoms with E-state index in [9.17, 15) is 9.59 Å². The highest BCUT2D eigenvalue weighted by Crippen LogP contribution is 2.24. The van der Waals surface area contributed by atoms with Crippen molar-refractivity contribution < 1.29 is 14.7 Å². The maximum atomic E-state index is 11.6. The summed E-state index contributed by atoms with van der Waals surface area (Å²) in [5, 5.41) is 11.8. The summed E-state index contributed by atoms with van der Waals surface area (Å²) in [4.78, 5) is 22.7. The molecular formula is C14H28N2O3. The molecule has 0 aromatic rings. The summed E-state index contributed by atoms with van der Waals surface area (Å²) >= 11 is 0. The van der Waals surface area contributed by atoms with Gasteiger partial charge >= 0.3 is 5.97 Å². The van der Waals surface area contributed by atoms with Crippen LogP contribution >= 0.6 is 0 Å². The Morgan fingerprint density at radius 1 is 1.32 bits per heavy atom. The molecule has 2 atom stereocenters. The molecule has 19 heavy (non-hydrogen) atoms. The number of carbonyl (C=O) groups excluding carboxylic acids is 1. The van der Waals surface area contributed by atoms with Crippen molar-refractivity contribution >= 4 is 11.9 Å². The number of nitrogens with two attached hydrogens (primary N) is 1. The second-order valence-electron chi connectivity index (χ2n) is 6.47. The molecule has 0 aromatic heterocycles. The smallest absolute Gasteiger partial charge is 0.308 e. The van der Waals surface area contributed by atoms with E-state index < -0.39 is 11.9 Å². The third-order valence-electron chi connectivity index (χ3n) is 2.82.